The van der Waals surface area contributed by atoms with Gasteiger partial charge in [0.25, 0.3) is 5.91 Å². The van der Waals surface area contributed by atoms with E-state index in [0.717, 1.165) is 25.7 Å². The van der Waals surface area contributed by atoms with Crippen molar-refractivity contribution in [2.45, 2.75) is 38.6 Å². The van der Waals surface area contributed by atoms with Crippen molar-refractivity contribution in [1.82, 2.24) is 4.98 Å². The molecule has 1 heterocycles. The van der Waals surface area contributed by atoms with Crippen LogP contribution in [0.5, 0.6) is 0 Å². The highest BCUT2D eigenvalue weighted by Gasteiger charge is 2.28. The Balaban J connectivity index is 1.91. The Morgan fingerprint density at radius 1 is 1.33 bits per heavy atom. The van der Waals surface area contributed by atoms with Crippen LogP contribution in [0.3, 0.4) is 0 Å². The number of benzene rings is 1. The number of nitrogens with one attached hydrogen (secondary N) is 1. The van der Waals surface area contributed by atoms with E-state index < -0.39 is 0 Å². The van der Waals surface area contributed by atoms with E-state index in [1.54, 1.807) is 34.7 Å². The van der Waals surface area contributed by atoms with Gasteiger partial charge < -0.3 is 4.90 Å². The van der Waals surface area contributed by atoms with Crippen LogP contribution in [0.2, 0.25) is 5.02 Å². The molecule has 7 heteroatoms. The fraction of sp³-hybridized carbons (Fsp3) is 0.353. The molecule has 1 aliphatic rings. The molecule has 0 atom stereocenters. The van der Waals surface area contributed by atoms with E-state index >= 15 is 0 Å². The quantitative estimate of drug-likeness (QED) is 0.878. The molecule has 0 spiro atoms. The number of aromatic nitrogens is 1. The first kappa shape index (κ1) is 16.9. The number of halogens is 1. The first-order chi connectivity index (χ1) is 11.6. The van der Waals surface area contributed by atoms with Gasteiger partial charge in [-0.25, -0.2) is 4.98 Å². The fourth-order valence-electron chi connectivity index (χ4n) is 3.12. The summed E-state index contributed by atoms with van der Waals surface area (Å²) >= 11 is 7.83. The minimum Gasteiger partial charge on any atom is -0.308 e. The fourth-order valence-corrected chi connectivity index (χ4v) is 3.94. The Morgan fingerprint density at radius 2 is 2.08 bits per heavy atom. The lowest BCUT2D eigenvalue weighted by molar-refractivity contribution is -0.117. The molecule has 3 rings (SSSR count). The number of amides is 2. The predicted octanol–water partition coefficient (Wildman–Crippen LogP) is 4.34. The Labute approximate surface area is 149 Å². The number of rotatable bonds is 4. The van der Waals surface area contributed by atoms with E-state index in [2.05, 4.69) is 10.3 Å². The van der Waals surface area contributed by atoms with E-state index in [4.69, 9.17) is 11.6 Å². The number of thiazole rings is 1. The second kappa shape index (κ2) is 7.32. The van der Waals surface area contributed by atoms with E-state index in [1.807, 2.05) is 0 Å². The topological polar surface area (TPSA) is 62.3 Å². The molecule has 0 aliphatic heterocycles. The van der Waals surface area contributed by atoms with Crippen LogP contribution in [0.4, 0.5) is 10.8 Å². The second-order valence-corrected chi connectivity index (χ2v) is 7.03. The molecule has 24 heavy (non-hydrogen) atoms. The van der Waals surface area contributed by atoms with Crippen LogP contribution in [0, 0.1) is 0 Å². The molecule has 1 aliphatic carbocycles. The molecular formula is C17H18ClN3O2S. The molecule has 1 fully saturated rings. The minimum atomic E-state index is -0.327. The molecule has 0 radical (unpaired) electrons. The molecule has 2 amide bonds. The third-order valence-corrected chi connectivity index (χ3v) is 5.25. The summed E-state index contributed by atoms with van der Waals surface area (Å²) < 4.78 is 0. The van der Waals surface area contributed by atoms with Crippen molar-refractivity contribution in [2.75, 3.05) is 10.2 Å². The minimum absolute atomic E-state index is 0.0544. The van der Waals surface area contributed by atoms with Gasteiger partial charge in [0, 0.05) is 24.5 Å². The second-order valence-electron chi connectivity index (χ2n) is 5.76. The van der Waals surface area contributed by atoms with Gasteiger partial charge in [0.2, 0.25) is 5.91 Å². The molecule has 0 bridgehead atoms. The van der Waals surface area contributed by atoms with Crippen molar-refractivity contribution in [2.24, 2.45) is 0 Å². The lowest BCUT2D eigenvalue weighted by Gasteiger charge is -2.29. The van der Waals surface area contributed by atoms with Crippen LogP contribution in [0.1, 0.15) is 43.0 Å². The molecule has 126 valence electrons. The van der Waals surface area contributed by atoms with Crippen molar-refractivity contribution < 1.29 is 9.59 Å². The molecule has 5 nitrogen and oxygen atoms in total. The third-order valence-electron chi connectivity index (χ3n) is 4.16. The molecule has 1 aromatic heterocycles. The van der Waals surface area contributed by atoms with Crippen molar-refractivity contribution in [1.29, 1.82) is 0 Å². The Hall–Kier alpha value is -1.92. The Morgan fingerprint density at radius 3 is 2.71 bits per heavy atom. The summed E-state index contributed by atoms with van der Waals surface area (Å²) in [6, 6.07) is 5.35. The average Bonchev–Trinajstić information content (AvgIpc) is 3.22. The maximum atomic E-state index is 12.5. The van der Waals surface area contributed by atoms with Crippen LogP contribution in [0.15, 0.2) is 29.8 Å². The van der Waals surface area contributed by atoms with Crippen LogP contribution in [0.25, 0.3) is 0 Å². The smallest absolute Gasteiger partial charge is 0.259 e. The SMILES string of the molecule is CC(=O)N(c1cccc(C(=O)Nc2nccs2)c1Cl)C1CCCC1. The van der Waals surface area contributed by atoms with Crippen molar-refractivity contribution in [3.05, 3.63) is 40.4 Å². The highest BCUT2D eigenvalue weighted by molar-refractivity contribution is 7.13. The summed E-state index contributed by atoms with van der Waals surface area (Å²) in [7, 11) is 0. The van der Waals surface area contributed by atoms with Gasteiger partial charge in [0.15, 0.2) is 5.13 Å². The highest BCUT2D eigenvalue weighted by atomic mass is 35.5. The number of hydrogen-bond acceptors (Lipinski definition) is 4. The zero-order valence-corrected chi connectivity index (χ0v) is 14.9. The maximum Gasteiger partial charge on any atom is 0.259 e. The molecule has 1 saturated carbocycles. The zero-order valence-electron chi connectivity index (χ0n) is 13.3. The normalized spacial score (nSPS) is 14.6. The van der Waals surface area contributed by atoms with Gasteiger partial charge in [-0.15, -0.1) is 11.3 Å². The van der Waals surface area contributed by atoms with Crippen LogP contribution < -0.4 is 10.2 Å². The van der Waals surface area contributed by atoms with E-state index in [0.29, 0.717) is 21.4 Å². The molecule has 1 N–H and O–H groups in total. The average molecular weight is 364 g/mol. The lowest BCUT2D eigenvalue weighted by atomic mass is 10.1. The summed E-state index contributed by atoms with van der Waals surface area (Å²) in [6.07, 6.45) is 5.76. The van der Waals surface area contributed by atoms with Gasteiger partial charge in [-0.1, -0.05) is 30.5 Å². The van der Waals surface area contributed by atoms with Gasteiger partial charge in [-0.3, -0.25) is 14.9 Å². The molecular weight excluding hydrogens is 346 g/mol. The summed E-state index contributed by atoms with van der Waals surface area (Å²) in [5, 5.41) is 5.32. The zero-order chi connectivity index (χ0) is 17.1. The first-order valence-corrected chi connectivity index (χ1v) is 9.13. The molecule has 0 saturated heterocycles. The Kier molecular flexibility index (Phi) is 5.16. The van der Waals surface area contributed by atoms with E-state index in [9.17, 15) is 9.59 Å². The van der Waals surface area contributed by atoms with Crippen LogP contribution in [-0.2, 0) is 4.79 Å². The summed E-state index contributed by atoms with van der Waals surface area (Å²) in [5.41, 5.74) is 0.941. The molecule has 2 aromatic rings. The number of carbonyl (C=O) groups excluding carboxylic acids is 2. The van der Waals surface area contributed by atoms with Crippen molar-refractivity contribution >= 4 is 45.6 Å². The highest BCUT2D eigenvalue weighted by Crippen LogP contribution is 2.35. The standard InChI is InChI=1S/C17H18ClN3O2S/c1-11(22)21(12-5-2-3-6-12)14-8-4-7-13(15(14)18)16(23)20-17-19-9-10-24-17/h4,7-10,12H,2-3,5-6H2,1H3,(H,19,20,23). The third kappa shape index (κ3) is 3.44. The van der Waals surface area contributed by atoms with Crippen molar-refractivity contribution in [3.8, 4) is 0 Å². The van der Waals surface area contributed by atoms with Gasteiger partial charge in [-0.05, 0) is 25.0 Å². The van der Waals surface area contributed by atoms with Gasteiger partial charge >= 0.3 is 0 Å². The summed E-state index contributed by atoms with van der Waals surface area (Å²) in [5.74, 6) is -0.381. The lowest BCUT2D eigenvalue weighted by Crippen LogP contribution is -2.37. The molecule has 1 aromatic carbocycles. The molecule has 0 unspecified atom stereocenters. The maximum absolute atomic E-state index is 12.5. The predicted molar refractivity (Wildman–Crippen MR) is 96.9 cm³/mol. The largest absolute Gasteiger partial charge is 0.308 e. The van der Waals surface area contributed by atoms with E-state index in [-0.39, 0.29) is 17.9 Å². The Bertz CT molecular complexity index is 742. The number of carbonyl (C=O) groups is 2. The van der Waals surface area contributed by atoms with Gasteiger partial charge in [-0.2, -0.15) is 0 Å². The summed E-state index contributed by atoms with van der Waals surface area (Å²) in [6.45, 7) is 1.54. The van der Waals surface area contributed by atoms with E-state index in [1.165, 1.54) is 18.3 Å². The number of anilines is 2. The van der Waals surface area contributed by atoms with Crippen molar-refractivity contribution in [3.63, 3.8) is 0 Å². The van der Waals surface area contributed by atoms with Gasteiger partial charge in [0.1, 0.15) is 0 Å². The van der Waals surface area contributed by atoms with Gasteiger partial charge in [0.05, 0.1) is 16.3 Å². The number of hydrogen-bond donors (Lipinski definition) is 1. The van der Waals surface area contributed by atoms with Crippen LogP contribution in [-0.4, -0.2) is 22.8 Å². The number of nitrogens with zero attached hydrogens (tertiary/aromatic N) is 2. The monoisotopic (exact) mass is 363 g/mol. The van der Waals surface area contributed by atoms with Crippen LogP contribution >= 0.6 is 22.9 Å². The first-order valence-electron chi connectivity index (χ1n) is 7.87. The summed E-state index contributed by atoms with van der Waals surface area (Å²) in [4.78, 5) is 30.4.